The van der Waals surface area contributed by atoms with Crippen LogP contribution in [0, 0.1) is 5.92 Å². The number of allylic oxidation sites excluding steroid dienone is 6. The van der Waals surface area contributed by atoms with Crippen LogP contribution in [0.25, 0.3) is 71.9 Å². The van der Waals surface area contributed by atoms with Gasteiger partial charge >= 0.3 is 0 Å². The van der Waals surface area contributed by atoms with Gasteiger partial charge in [-0.05, 0) is 94.6 Å². The predicted octanol–water partition coefficient (Wildman–Crippen LogP) is 11.5. The highest BCUT2D eigenvalue weighted by Crippen LogP contribution is 2.43. The monoisotopic (exact) mass is 642 g/mol. The van der Waals surface area contributed by atoms with E-state index in [4.69, 9.17) is 4.98 Å². The molecule has 1 aliphatic rings. The standard InChI is InChI=1S/C46H34N4/c1-30-31(2)37(33-12-10-24-47-28-33)19-8-18-36(30)32-22-23-40-44(26-32)50(35-14-4-3-5-15-35)45-27-41(38-16-6-7-17-39(38)46(40)45)43-21-9-20-42(49-43)34-13-11-25-48-29-34/h3-30H,1-2H3. The van der Waals surface area contributed by atoms with Gasteiger partial charge in [0.05, 0.1) is 22.4 Å². The van der Waals surface area contributed by atoms with Crippen molar-refractivity contribution in [2.24, 2.45) is 5.92 Å². The molecule has 9 rings (SSSR count). The number of hydrogen-bond acceptors (Lipinski definition) is 3. The summed E-state index contributed by atoms with van der Waals surface area (Å²) in [4.78, 5) is 13.9. The molecule has 1 aliphatic carbocycles. The van der Waals surface area contributed by atoms with Crippen LogP contribution in [0.3, 0.4) is 0 Å². The Hall–Kier alpha value is -6.39. The Kier molecular flexibility index (Phi) is 7.28. The lowest BCUT2D eigenvalue weighted by atomic mass is 9.86. The van der Waals surface area contributed by atoms with Gasteiger partial charge in [-0.1, -0.05) is 97.5 Å². The zero-order valence-corrected chi connectivity index (χ0v) is 28.0. The Balaban J connectivity index is 1.28. The van der Waals surface area contributed by atoms with Crippen molar-refractivity contribution in [3.63, 3.8) is 0 Å². The molecule has 0 radical (unpaired) electrons. The van der Waals surface area contributed by atoms with Gasteiger partial charge in [0.15, 0.2) is 0 Å². The molecule has 8 aromatic rings. The van der Waals surface area contributed by atoms with E-state index in [-0.39, 0.29) is 5.92 Å². The molecule has 0 saturated heterocycles. The van der Waals surface area contributed by atoms with Gasteiger partial charge < -0.3 is 4.57 Å². The molecule has 238 valence electrons. The Morgan fingerprint density at radius 2 is 1.34 bits per heavy atom. The van der Waals surface area contributed by atoms with E-state index in [1.165, 1.54) is 49.3 Å². The van der Waals surface area contributed by atoms with Gasteiger partial charge in [0.25, 0.3) is 0 Å². The normalized spacial score (nSPS) is 14.8. The molecule has 0 saturated carbocycles. The van der Waals surface area contributed by atoms with Gasteiger partial charge in [-0.15, -0.1) is 0 Å². The largest absolute Gasteiger partial charge is 0.309 e. The zero-order chi connectivity index (χ0) is 33.6. The highest BCUT2D eigenvalue weighted by Gasteiger charge is 2.22. The molecular weight excluding hydrogens is 609 g/mol. The molecule has 4 aromatic carbocycles. The molecular formula is C46H34N4. The van der Waals surface area contributed by atoms with Gasteiger partial charge in [-0.25, -0.2) is 4.98 Å². The molecule has 0 bridgehead atoms. The van der Waals surface area contributed by atoms with Crippen LogP contribution in [-0.2, 0) is 0 Å². The van der Waals surface area contributed by atoms with Gasteiger partial charge in [0, 0.05) is 58.3 Å². The number of nitrogens with zero attached hydrogens (tertiary/aromatic N) is 4. The Labute approximate surface area is 291 Å². The molecule has 0 fully saturated rings. The Morgan fingerprint density at radius 1 is 0.600 bits per heavy atom. The van der Waals surface area contributed by atoms with Crippen molar-refractivity contribution in [3.8, 4) is 28.2 Å². The average Bonchev–Trinajstić information content (AvgIpc) is 3.43. The molecule has 1 atom stereocenters. The van der Waals surface area contributed by atoms with Crippen molar-refractivity contribution < 1.29 is 0 Å². The highest BCUT2D eigenvalue weighted by molar-refractivity contribution is 6.24. The van der Waals surface area contributed by atoms with E-state index in [1.54, 1.807) is 6.20 Å². The van der Waals surface area contributed by atoms with E-state index >= 15 is 0 Å². The van der Waals surface area contributed by atoms with Crippen LogP contribution in [0.15, 0.2) is 170 Å². The number of aromatic nitrogens is 4. The smallest absolute Gasteiger partial charge is 0.0725 e. The summed E-state index contributed by atoms with van der Waals surface area (Å²) in [5.41, 5.74) is 13.6. The van der Waals surface area contributed by atoms with Gasteiger partial charge in [-0.3, -0.25) is 9.97 Å². The molecule has 1 unspecified atom stereocenters. The summed E-state index contributed by atoms with van der Waals surface area (Å²) < 4.78 is 2.43. The molecule has 4 heterocycles. The first kappa shape index (κ1) is 29.7. The van der Waals surface area contributed by atoms with E-state index in [0.717, 1.165) is 39.3 Å². The third-order valence-electron chi connectivity index (χ3n) is 10.2. The molecule has 4 nitrogen and oxygen atoms in total. The van der Waals surface area contributed by atoms with E-state index < -0.39 is 0 Å². The minimum atomic E-state index is 0.220. The SMILES string of the molecule is CC1=C(c2cccnc2)C=CC=C(c2ccc3c4c5ccccc5c(-c5cccc(-c6cccnc6)n5)cc4n(-c4ccccc4)c3c2)C1C. The summed E-state index contributed by atoms with van der Waals surface area (Å²) in [6.45, 7) is 4.56. The van der Waals surface area contributed by atoms with Crippen molar-refractivity contribution in [1.29, 1.82) is 0 Å². The molecule has 4 aromatic heterocycles. The number of para-hydroxylation sites is 1. The van der Waals surface area contributed by atoms with E-state index in [1.807, 2.05) is 30.7 Å². The Bertz CT molecular complexity index is 2650. The van der Waals surface area contributed by atoms with Crippen LogP contribution in [0.2, 0.25) is 0 Å². The van der Waals surface area contributed by atoms with E-state index in [2.05, 4.69) is 156 Å². The second-order valence-electron chi connectivity index (χ2n) is 13.0. The lowest BCUT2D eigenvalue weighted by molar-refractivity contribution is 0.891. The summed E-state index contributed by atoms with van der Waals surface area (Å²) in [6.07, 6.45) is 14.1. The third kappa shape index (κ3) is 4.96. The van der Waals surface area contributed by atoms with Crippen molar-refractivity contribution in [3.05, 3.63) is 181 Å². The van der Waals surface area contributed by atoms with Crippen LogP contribution < -0.4 is 0 Å². The molecule has 4 heteroatoms. The van der Waals surface area contributed by atoms with Crippen LogP contribution in [0.4, 0.5) is 0 Å². The molecule has 0 N–H and O–H groups in total. The average molecular weight is 643 g/mol. The predicted molar refractivity (Wildman–Crippen MR) is 208 cm³/mol. The number of rotatable bonds is 5. The molecule has 0 amide bonds. The third-order valence-corrected chi connectivity index (χ3v) is 10.2. The number of hydrogen-bond donors (Lipinski definition) is 0. The maximum Gasteiger partial charge on any atom is 0.0725 e. The van der Waals surface area contributed by atoms with Gasteiger partial charge in [0.2, 0.25) is 0 Å². The zero-order valence-electron chi connectivity index (χ0n) is 28.0. The quantitative estimate of drug-likeness (QED) is 0.188. The second kappa shape index (κ2) is 12.2. The maximum atomic E-state index is 5.18. The van der Waals surface area contributed by atoms with E-state index in [0.29, 0.717) is 0 Å². The Morgan fingerprint density at radius 3 is 2.12 bits per heavy atom. The van der Waals surface area contributed by atoms with Crippen LogP contribution >= 0.6 is 0 Å². The lowest BCUT2D eigenvalue weighted by Crippen LogP contribution is -2.02. The summed E-state index contributed by atoms with van der Waals surface area (Å²) in [5, 5.41) is 4.87. The fourth-order valence-electron chi connectivity index (χ4n) is 7.57. The number of pyridine rings is 3. The fourth-order valence-corrected chi connectivity index (χ4v) is 7.57. The second-order valence-corrected chi connectivity index (χ2v) is 13.0. The summed E-state index contributed by atoms with van der Waals surface area (Å²) in [7, 11) is 0. The van der Waals surface area contributed by atoms with Crippen molar-refractivity contribution in [2.45, 2.75) is 13.8 Å². The summed E-state index contributed by atoms with van der Waals surface area (Å²) in [5.74, 6) is 0.220. The minimum Gasteiger partial charge on any atom is -0.309 e. The van der Waals surface area contributed by atoms with Crippen LogP contribution in [0.1, 0.15) is 25.0 Å². The van der Waals surface area contributed by atoms with E-state index in [9.17, 15) is 0 Å². The first-order chi connectivity index (χ1) is 24.7. The summed E-state index contributed by atoms with van der Waals surface area (Å²) >= 11 is 0. The first-order valence-corrected chi connectivity index (χ1v) is 17.1. The van der Waals surface area contributed by atoms with Crippen molar-refractivity contribution in [2.75, 3.05) is 0 Å². The highest BCUT2D eigenvalue weighted by atomic mass is 15.0. The van der Waals surface area contributed by atoms with Crippen LogP contribution in [-0.4, -0.2) is 19.5 Å². The van der Waals surface area contributed by atoms with Gasteiger partial charge in [-0.2, -0.15) is 0 Å². The number of benzene rings is 4. The molecule has 50 heavy (non-hydrogen) atoms. The lowest BCUT2D eigenvalue weighted by Gasteiger charge is -2.19. The van der Waals surface area contributed by atoms with Gasteiger partial charge in [0.1, 0.15) is 0 Å². The van der Waals surface area contributed by atoms with Crippen molar-refractivity contribution in [1.82, 2.24) is 19.5 Å². The first-order valence-electron chi connectivity index (χ1n) is 17.1. The minimum absolute atomic E-state index is 0.220. The molecule has 0 aliphatic heterocycles. The van der Waals surface area contributed by atoms with Crippen molar-refractivity contribution >= 4 is 43.7 Å². The molecule has 0 spiro atoms. The topological polar surface area (TPSA) is 43.6 Å². The fraction of sp³-hybridized carbons (Fsp3) is 0.0652. The number of fused-ring (bicyclic) bond motifs is 5. The summed E-state index contributed by atoms with van der Waals surface area (Å²) in [6, 6.07) is 43.2. The van der Waals surface area contributed by atoms with Crippen LogP contribution in [0.5, 0.6) is 0 Å². The maximum absolute atomic E-state index is 5.18.